The number of carbonyl (C=O) groups excluding carboxylic acids is 1. The number of nitrogens with one attached hydrogen (secondary N) is 1. The van der Waals surface area contributed by atoms with Crippen LogP contribution in [0.15, 0.2) is 12.4 Å². The van der Waals surface area contributed by atoms with Crippen molar-refractivity contribution in [3.63, 3.8) is 0 Å². The van der Waals surface area contributed by atoms with E-state index < -0.39 is 5.54 Å². The molecule has 1 aromatic rings. The predicted molar refractivity (Wildman–Crippen MR) is 92.6 cm³/mol. The molecule has 0 radical (unpaired) electrons. The number of halogens is 1. The van der Waals surface area contributed by atoms with Crippen LogP contribution in [0, 0.1) is 18.8 Å². The quantitative estimate of drug-likeness (QED) is 0.863. The van der Waals surface area contributed by atoms with Gasteiger partial charge in [0.1, 0.15) is 5.82 Å². The molecule has 2 heterocycles. The molecule has 2 atom stereocenters. The lowest BCUT2D eigenvalue weighted by Gasteiger charge is -2.24. The van der Waals surface area contributed by atoms with Crippen LogP contribution in [0.2, 0.25) is 0 Å². The molecule has 1 aliphatic heterocycles. The van der Waals surface area contributed by atoms with Crippen molar-refractivity contribution in [2.45, 2.75) is 45.2 Å². The van der Waals surface area contributed by atoms with E-state index in [-0.39, 0.29) is 24.4 Å². The summed E-state index contributed by atoms with van der Waals surface area (Å²) in [5.74, 6) is 1.80. The van der Waals surface area contributed by atoms with E-state index in [0.717, 1.165) is 37.4 Å². The lowest BCUT2D eigenvalue weighted by Crippen LogP contribution is -2.50. The number of anilines is 1. The summed E-state index contributed by atoms with van der Waals surface area (Å²) in [5.41, 5.74) is 6.32. The fourth-order valence-corrected chi connectivity index (χ4v) is 3.21. The molecule has 23 heavy (non-hydrogen) atoms. The highest BCUT2D eigenvalue weighted by molar-refractivity contribution is 5.89. The van der Waals surface area contributed by atoms with Crippen molar-refractivity contribution in [2.75, 3.05) is 18.0 Å². The van der Waals surface area contributed by atoms with Crippen LogP contribution in [0.1, 0.15) is 32.4 Å². The van der Waals surface area contributed by atoms with Crippen molar-refractivity contribution < 1.29 is 4.79 Å². The van der Waals surface area contributed by atoms with Gasteiger partial charge < -0.3 is 16.0 Å². The van der Waals surface area contributed by atoms with E-state index in [1.165, 1.54) is 0 Å². The molecule has 128 valence electrons. The zero-order chi connectivity index (χ0) is 15.9. The lowest BCUT2D eigenvalue weighted by molar-refractivity contribution is -0.124. The Bertz CT molecular complexity index is 575. The molecule has 6 nitrogen and oxygen atoms in total. The number of rotatable bonds is 4. The number of nitrogens with two attached hydrogens (primary N) is 1. The summed E-state index contributed by atoms with van der Waals surface area (Å²) in [5, 5.41) is 3.18. The number of aryl methyl sites for hydroxylation is 1. The lowest BCUT2D eigenvalue weighted by atomic mass is 9.91. The summed E-state index contributed by atoms with van der Waals surface area (Å²) in [7, 11) is 0. The van der Waals surface area contributed by atoms with Crippen LogP contribution in [0.25, 0.3) is 0 Å². The minimum atomic E-state index is -0.614. The zero-order valence-electron chi connectivity index (χ0n) is 14.0. The van der Waals surface area contributed by atoms with Crippen molar-refractivity contribution in [1.82, 2.24) is 15.3 Å². The van der Waals surface area contributed by atoms with Gasteiger partial charge in [-0.3, -0.25) is 9.78 Å². The Morgan fingerprint density at radius 2 is 2.00 bits per heavy atom. The number of carbonyl (C=O) groups is 1. The first-order valence-corrected chi connectivity index (χ1v) is 8.03. The molecule has 0 bridgehead atoms. The molecule has 1 amide bonds. The first kappa shape index (κ1) is 17.9. The Morgan fingerprint density at radius 1 is 1.35 bits per heavy atom. The number of aromatic nitrogens is 2. The first-order valence-electron chi connectivity index (χ1n) is 8.03. The third kappa shape index (κ3) is 3.58. The number of hydrogen-bond donors (Lipinski definition) is 2. The molecule has 7 heteroatoms. The predicted octanol–water partition coefficient (Wildman–Crippen LogP) is 1.28. The molecular weight excluding hydrogens is 314 g/mol. The van der Waals surface area contributed by atoms with Gasteiger partial charge in [-0.2, -0.15) is 0 Å². The second kappa shape index (κ2) is 6.61. The van der Waals surface area contributed by atoms with Crippen LogP contribution < -0.4 is 16.0 Å². The molecule has 2 aliphatic rings. The van der Waals surface area contributed by atoms with Crippen molar-refractivity contribution >= 4 is 24.1 Å². The second-order valence-electron chi connectivity index (χ2n) is 7.01. The highest BCUT2D eigenvalue weighted by Crippen LogP contribution is 2.34. The number of hydrogen-bond acceptors (Lipinski definition) is 5. The summed E-state index contributed by atoms with van der Waals surface area (Å²) >= 11 is 0. The topological polar surface area (TPSA) is 84.1 Å². The highest BCUT2D eigenvalue weighted by atomic mass is 35.5. The molecule has 1 saturated carbocycles. The van der Waals surface area contributed by atoms with Gasteiger partial charge in [-0.15, -0.1) is 12.4 Å². The minimum absolute atomic E-state index is 0. The van der Waals surface area contributed by atoms with Gasteiger partial charge in [-0.25, -0.2) is 4.98 Å². The molecular formula is C16H26ClN5O. The zero-order valence-corrected chi connectivity index (χ0v) is 14.8. The Hall–Kier alpha value is -1.40. The van der Waals surface area contributed by atoms with E-state index in [1.807, 2.05) is 6.92 Å². The van der Waals surface area contributed by atoms with Gasteiger partial charge in [-0.1, -0.05) is 13.8 Å². The fourth-order valence-electron chi connectivity index (χ4n) is 3.21. The smallest absolute Gasteiger partial charge is 0.240 e. The summed E-state index contributed by atoms with van der Waals surface area (Å²) in [6.45, 7) is 8.03. The maximum atomic E-state index is 12.3. The second-order valence-corrected chi connectivity index (χ2v) is 7.01. The summed E-state index contributed by atoms with van der Waals surface area (Å²) in [6.07, 6.45) is 5.02. The van der Waals surface area contributed by atoms with E-state index in [1.54, 1.807) is 12.4 Å². The normalized spacial score (nSPS) is 25.2. The fraction of sp³-hybridized carbons (Fsp3) is 0.688. The molecule has 0 aromatic carbocycles. The average Bonchev–Trinajstić information content (AvgIpc) is 3.09. The maximum Gasteiger partial charge on any atom is 0.240 e. The highest BCUT2D eigenvalue weighted by Gasteiger charge is 2.48. The van der Waals surface area contributed by atoms with Crippen molar-refractivity contribution in [1.29, 1.82) is 0 Å². The van der Waals surface area contributed by atoms with Crippen LogP contribution in [0.4, 0.5) is 5.82 Å². The Kier molecular flexibility index (Phi) is 5.16. The Balaban J connectivity index is 0.00000192. The maximum absolute atomic E-state index is 12.3. The minimum Gasteiger partial charge on any atom is -0.353 e. The van der Waals surface area contributed by atoms with Crippen molar-refractivity contribution in [2.24, 2.45) is 17.6 Å². The molecule has 0 spiro atoms. The molecule has 0 unspecified atom stereocenters. The molecule has 3 N–H and O–H groups in total. The van der Waals surface area contributed by atoms with Gasteiger partial charge in [0.05, 0.1) is 17.3 Å². The van der Waals surface area contributed by atoms with Gasteiger partial charge in [-0.05, 0) is 25.7 Å². The van der Waals surface area contributed by atoms with Crippen LogP contribution in [-0.2, 0) is 4.79 Å². The molecule has 3 rings (SSSR count). The summed E-state index contributed by atoms with van der Waals surface area (Å²) in [4.78, 5) is 23.3. The van der Waals surface area contributed by atoms with Gasteiger partial charge in [0.25, 0.3) is 0 Å². The Labute approximate surface area is 143 Å². The summed E-state index contributed by atoms with van der Waals surface area (Å²) in [6, 6.07) is 0.120. The van der Waals surface area contributed by atoms with Crippen LogP contribution in [-0.4, -0.2) is 40.5 Å². The van der Waals surface area contributed by atoms with Crippen LogP contribution in [0.5, 0.6) is 0 Å². The van der Waals surface area contributed by atoms with Gasteiger partial charge in [0.2, 0.25) is 5.91 Å². The summed E-state index contributed by atoms with van der Waals surface area (Å²) < 4.78 is 0. The van der Waals surface area contributed by atoms with E-state index >= 15 is 0 Å². The first-order chi connectivity index (χ1) is 10.4. The largest absolute Gasteiger partial charge is 0.353 e. The van der Waals surface area contributed by atoms with E-state index in [0.29, 0.717) is 11.8 Å². The average molecular weight is 340 g/mol. The molecule has 2 fully saturated rings. The SMILES string of the molecule is Cc1nccnc1N1C[C@H](NC(=O)C2(N)CC2)[C@@H](C(C)C)C1.Cl. The molecule has 1 aliphatic carbocycles. The third-order valence-corrected chi connectivity index (χ3v) is 4.93. The van der Waals surface area contributed by atoms with E-state index in [9.17, 15) is 4.79 Å². The van der Waals surface area contributed by atoms with Gasteiger partial charge >= 0.3 is 0 Å². The van der Waals surface area contributed by atoms with Crippen LogP contribution >= 0.6 is 12.4 Å². The standard InChI is InChI=1S/C16H25N5O.ClH/c1-10(2)12-8-21(14-11(3)18-6-7-19-14)9-13(12)20-15(22)16(17)4-5-16;/h6-7,10,12-13H,4-5,8-9,17H2,1-3H3,(H,20,22);1H/t12-,13+;/m1./s1. The van der Waals surface area contributed by atoms with Crippen molar-refractivity contribution in [3.8, 4) is 0 Å². The Morgan fingerprint density at radius 3 is 2.57 bits per heavy atom. The number of nitrogens with zero attached hydrogens (tertiary/aromatic N) is 3. The van der Waals surface area contributed by atoms with E-state index in [2.05, 4.69) is 34.0 Å². The van der Waals surface area contributed by atoms with Crippen LogP contribution in [0.3, 0.4) is 0 Å². The molecule has 1 aromatic heterocycles. The van der Waals surface area contributed by atoms with Gasteiger partial charge in [0, 0.05) is 31.4 Å². The monoisotopic (exact) mass is 339 g/mol. The molecule has 1 saturated heterocycles. The van der Waals surface area contributed by atoms with Gasteiger partial charge in [0.15, 0.2) is 0 Å². The van der Waals surface area contributed by atoms with Crippen molar-refractivity contribution in [3.05, 3.63) is 18.1 Å². The van der Waals surface area contributed by atoms with E-state index in [4.69, 9.17) is 5.73 Å². The third-order valence-electron chi connectivity index (χ3n) is 4.93. The number of amides is 1.